The Morgan fingerprint density at radius 2 is 1.73 bits per heavy atom. The molecule has 2 aliphatic heterocycles. The number of cyclic esters (lactones) is 1. The van der Waals surface area contributed by atoms with E-state index in [9.17, 15) is 4.79 Å². The van der Waals surface area contributed by atoms with E-state index in [1.54, 1.807) is 0 Å². The van der Waals surface area contributed by atoms with Gasteiger partial charge in [0, 0.05) is 5.82 Å². The van der Waals surface area contributed by atoms with Crippen LogP contribution >= 0.6 is 0 Å². The standard InChI is InChI=1S/C10H17BO4/c1-9(2)10(3,4)15-11(14-9)7-5-8(12)13-6-7/h7H,5-6H2,1-4H3. The van der Waals surface area contributed by atoms with Crippen LogP contribution in [0.15, 0.2) is 0 Å². The highest BCUT2D eigenvalue weighted by Crippen LogP contribution is 2.41. The lowest BCUT2D eigenvalue weighted by atomic mass is 9.71. The predicted molar refractivity (Wildman–Crippen MR) is 55.4 cm³/mol. The maximum atomic E-state index is 11.0. The zero-order valence-electron chi connectivity index (χ0n) is 9.70. The van der Waals surface area contributed by atoms with Crippen molar-refractivity contribution in [2.45, 2.75) is 51.1 Å². The van der Waals surface area contributed by atoms with E-state index < -0.39 is 0 Å². The molecule has 1 unspecified atom stereocenters. The van der Waals surface area contributed by atoms with E-state index in [4.69, 9.17) is 14.0 Å². The summed E-state index contributed by atoms with van der Waals surface area (Å²) in [5.41, 5.74) is -0.660. The number of esters is 1. The largest absolute Gasteiger partial charge is 0.466 e. The fourth-order valence-corrected chi connectivity index (χ4v) is 1.79. The van der Waals surface area contributed by atoms with E-state index >= 15 is 0 Å². The highest BCUT2D eigenvalue weighted by molar-refractivity contribution is 6.48. The number of rotatable bonds is 1. The molecule has 2 fully saturated rings. The second-order valence-electron chi connectivity index (χ2n) is 5.27. The van der Waals surface area contributed by atoms with Crippen molar-refractivity contribution in [2.24, 2.45) is 0 Å². The van der Waals surface area contributed by atoms with Crippen LogP contribution in [0.25, 0.3) is 0 Å². The van der Waals surface area contributed by atoms with Gasteiger partial charge in [0.15, 0.2) is 0 Å². The van der Waals surface area contributed by atoms with Gasteiger partial charge in [-0.05, 0) is 27.7 Å². The molecule has 1 atom stereocenters. The third-order valence-electron chi connectivity index (χ3n) is 3.54. The molecule has 0 bridgehead atoms. The third kappa shape index (κ3) is 1.78. The molecule has 0 aliphatic carbocycles. The molecule has 0 N–H and O–H groups in total. The van der Waals surface area contributed by atoms with Gasteiger partial charge in [-0.25, -0.2) is 0 Å². The summed E-state index contributed by atoms with van der Waals surface area (Å²) >= 11 is 0. The zero-order chi connectivity index (χ0) is 11.3. The molecule has 2 heterocycles. The molecule has 4 nitrogen and oxygen atoms in total. The molecule has 5 heteroatoms. The number of hydrogen-bond donors (Lipinski definition) is 0. The molecule has 0 saturated carbocycles. The summed E-state index contributed by atoms with van der Waals surface area (Å²) in [5.74, 6) is -0.117. The quantitative estimate of drug-likeness (QED) is 0.486. The number of ether oxygens (including phenoxy) is 1. The molecule has 0 aromatic rings. The molecule has 0 aromatic carbocycles. The van der Waals surface area contributed by atoms with Crippen LogP contribution in [0.3, 0.4) is 0 Å². The first kappa shape index (κ1) is 11.0. The van der Waals surface area contributed by atoms with Gasteiger partial charge in [0.1, 0.15) is 0 Å². The van der Waals surface area contributed by atoms with Gasteiger partial charge in [0.05, 0.1) is 24.2 Å². The zero-order valence-corrected chi connectivity index (χ0v) is 9.70. The fraction of sp³-hybridized carbons (Fsp3) is 0.900. The third-order valence-corrected chi connectivity index (χ3v) is 3.54. The molecule has 0 spiro atoms. The first-order chi connectivity index (χ1) is 6.82. The van der Waals surface area contributed by atoms with Crippen molar-refractivity contribution in [3.05, 3.63) is 0 Å². The number of carbonyl (C=O) groups excluding carboxylic acids is 1. The van der Waals surface area contributed by atoms with Gasteiger partial charge in [0.25, 0.3) is 0 Å². The van der Waals surface area contributed by atoms with Crippen molar-refractivity contribution < 1.29 is 18.8 Å². The maximum Gasteiger partial charge on any atom is 0.465 e. The molecular weight excluding hydrogens is 195 g/mol. The van der Waals surface area contributed by atoms with E-state index in [0.29, 0.717) is 13.0 Å². The molecular formula is C10H17BO4. The lowest BCUT2D eigenvalue weighted by Crippen LogP contribution is -2.41. The average Bonchev–Trinajstić information content (AvgIpc) is 2.56. The molecule has 0 radical (unpaired) electrons. The van der Waals surface area contributed by atoms with Gasteiger partial charge < -0.3 is 14.0 Å². The molecule has 2 saturated heterocycles. The van der Waals surface area contributed by atoms with Crippen LogP contribution in [0.1, 0.15) is 34.1 Å². The molecule has 0 amide bonds. The van der Waals surface area contributed by atoms with Crippen LogP contribution in [-0.2, 0) is 18.8 Å². The monoisotopic (exact) mass is 212 g/mol. The van der Waals surface area contributed by atoms with Crippen molar-refractivity contribution in [2.75, 3.05) is 6.61 Å². The summed E-state index contributed by atoms with van der Waals surface area (Å²) in [6.07, 6.45) is 0.400. The van der Waals surface area contributed by atoms with Crippen molar-refractivity contribution in [3.8, 4) is 0 Å². The summed E-state index contributed by atoms with van der Waals surface area (Å²) in [5, 5.41) is 0. The van der Waals surface area contributed by atoms with E-state index in [2.05, 4.69) is 0 Å². The number of hydrogen-bond acceptors (Lipinski definition) is 4. The fourth-order valence-electron chi connectivity index (χ4n) is 1.79. The van der Waals surface area contributed by atoms with E-state index in [0.717, 1.165) is 0 Å². The highest BCUT2D eigenvalue weighted by atomic mass is 16.7. The van der Waals surface area contributed by atoms with Gasteiger partial charge in [-0.3, -0.25) is 4.79 Å². The van der Waals surface area contributed by atoms with E-state index in [1.807, 2.05) is 27.7 Å². The van der Waals surface area contributed by atoms with Crippen LogP contribution in [0.5, 0.6) is 0 Å². The minimum atomic E-state index is -0.330. The van der Waals surface area contributed by atoms with Crippen molar-refractivity contribution in [3.63, 3.8) is 0 Å². The van der Waals surface area contributed by atoms with Crippen molar-refractivity contribution in [1.82, 2.24) is 0 Å². The Kier molecular flexibility index (Phi) is 2.35. The highest BCUT2D eigenvalue weighted by Gasteiger charge is 2.55. The van der Waals surface area contributed by atoms with Crippen molar-refractivity contribution in [1.29, 1.82) is 0 Å². The normalized spacial score (nSPS) is 33.2. The van der Waals surface area contributed by atoms with Crippen molar-refractivity contribution >= 4 is 13.1 Å². The Bertz CT molecular complexity index is 271. The Labute approximate surface area is 90.4 Å². The summed E-state index contributed by atoms with van der Waals surface area (Å²) in [6, 6.07) is 0. The second kappa shape index (κ2) is 3.22. The molecule has 0 aromatic heterocycles. The molecule has 15 heavy (non-hydrogen) atoms. The summed E-state index contributed by atoms with van der Waals surface area (Å²) in [7, 11) is -0.318. The van der Waals surface area contributed by atoms with E-state index in [1.165, 1.54) is 0 Å². The molecule has 84 valence electrons. The Hall–Kier alpha value is -0.545. The first-order valence-corrected chi connectivity index (χ1v) is 5.33. The topological polar surface area (TPSA) is 44.8 Å². The minimum Gasteiger partial charge on any atom is -0.466 e. The average molecular weight is 212 g/mol. The number of carbonyl (C=O) groups is 1. The molecule has 2 aliphatic rings. The van der Waals surface area contributed by atoms with Gasteiger partial charge >= 0.3 is 13.1 Å². The van der Waals surface area contributed by atoms with Gasteiger partial charge in [0.2, 0.25) is 0 Å². The molecule has 2 rings (SSSR count). The summed E-state index contributed by atoms with van der Waals surface area (Å²) in [4.78, 5) is 11.0. The smallest absolute Gasteiger partial charge is 0.465 e. The lowest BCUT2D eigenvalue weighted by Gasteiger charge is -2.32. The van der Waals surface area contributed by atoms with Crippen LogP contribution in [0.2, 0.25) is 5.82 Å². The lowest BCUT2D eigenvalue weighted by molar-refractivity contribution is -0.137. The Morgan fingerprint density at radius 1 is 1.20 bits per heavy atom. The Balaban J connectivity index is 2.06. The first-order valence-electron chi connectivity index (χ1n) is 5.33. The van der Waals surface area contributed by atoms with Crippen LogP contribution < -0.4 is 0 Å². The summed E-state index contributed by atoms with van der Waals surface area (Å²) < 4.78 is 16.6. The Morgan fingerprint density at radius 3 is 2.13 bits per heavy atom. The van der Waals surface area contributed by atoms with Crippen LogP contribution in [0, 0.1) is 0 Å². The SMILES string of the molecule is CC1(C)OB(C2COC(=O)C2)OC1(C)C. The van der Waals surface area contributed by atoms with Gasteiger partial charge in [-0.15, -0.1) is 0 Å². The summed E-state index contributed by atoms with van der Waals surface area (Å²) in [6.45, 7) is 8.43. The van der Waals surface area contributed by atoms with Gasteiger partial charge in [-0.2, -0.15) is 0 Å². The maximum absolute atomic E-state index is 11.0. The van der Waals surface area contributed by atoms with Gasteiger partial charge in [-0.1, -0.05) is 0 Å². The minimum absolute atomic E-state index is 0.0403. The van der Waals surface area contributed by atoms with Crippen LogP contribution in [0.4, 0.5) is 0 Å². The second-order valence-corrected chi connectivity index (χ2v) is 5.27. The van der Waals surface area contributed by atoms with Crippen LogP contribution in [-0.4, -0.2) is 30.9 Å². The van der Waals surface area contributed by atoms with E-state index in [-0.39, 0.29) is 30.1 Å². The predicted octanol–water partition coefficient (Wildman–Crippen LogP) is 1.40.